The molecule has 330 valence electrons. The lowest BCUT2D eigenvalue weighted by Crippen LogP contribution is -2.38. The van der Waals surface area contributed by atoms with E-state index in [1.165, 1.54) is 56.7 Å². The number of alkyl halides is 3. The summed E-state index contributed by atoms with van der Waals surface area (Å²) in [6.07, 6.45) is 6.81. The minimum atomic E-state index is -5.08. The van der Waals surface area contributed by atoms with Crippen molar-refractivity contribution in [2.45, 2.75) is 77.1 Å². The van der Waals surface area contributed by atoms with Gasteiger partial charge in [0.25, 0.3) is 5.91 Å². The molecule has 6 aromatic rings. The number of nitrogens with zero attached hydrogens (tertiary/aromatic N) is 4. The summed E-state index contributed by atoms with van der Waals surface area (Å²) in [5.74, 6) is -0.913. The number of benzene rings is 4. The highest BCUT2D eigenvalue weighted by Crippen LogP contribution is 2.29. The van der Waals surface area contributed by atoms with Gasteiger partial charge in [-0.15, -0.1) is 5.10 Å². The molecule has 2 fully saturated rings. The lowest BCUT2D eigenvalue weighted by Gasteiger charge is -2.32. The number of carboxylic acids is 1. The highest BCUT2D eigenvalue weighted by molar-refractivity contribution is 7.03. The van der Waals surface area contributed by atoms with Gasteiger partial charge in [0.15, 0.2) is 0 Å². The Morgan fingerprint density at radius 1 is 0.794 bits per heavy atom. The van der Waals surface area contributed by atoms with Crippen molar-refractivity contribution in [2.24, 2.45) is 11.8 Å². The molecular formula is C49H53F3N6O4S. The maximum atomic E-state index is 14.1. The number of fused-ring (bicyclic) bond motifs is 1. The van der Waals surface area contributed by atoms with Crippen LogP contribution in [0.15, 0.2) is 109 Å². The molecule has 0 aliphatic carbocycles. The maximum absolute atomic E-state index is 14.1. The fraction of sp³-hybridized carbons (Fsp3) is 0.367. The molecule has 0 unspecified atom stereocenters. The number of aryl methyl sites for hydroxylation is 1. The van der Waals surface area contributed by atoms with E-state index < -0.39 is 12.1 Å². The molecular weight excluding hydrogens is 826 g/mol. The van der Waals surface area contributed by atoms with E-state index in [2.05, 4.69) is 79.4 Å². The summed E-state index contributed by atoms with van der Waals surface area (Å²) < 4.78 is 35.8. The lowest BCUT2D eigenvalue weighted by atomic mass is 9.87. The number of nitrogens with one attached hydrogen (secondary N) is 2. The number of carbonyl (C=O) groups excluding carboxylic acids is 2. The van der Waals surface area contributed by atoms with Crippen molar-refractivity contribution >= 4 is 40.2 Å². The number of hydrogen-bond donors (Lipinski definition) is 3. The van der Waals surface area contributed by atoms with Gasteiger partial charge in [0.2, 0.25) is 5.91 Å². The van der Waals surface area contributed by atoms with Gasteiger partial charge in [-0.2, -0.15) is 13.2 Å². The first-order valence-corrected chi connectivity index (χ1v) is 22.5. The Morgan fingerprint density at radius 2 is 1.41 bits per heavy atom. The molecule has 0 radical (unpaired) electrons. The Kier molecular flexibility index (Phi) is 15.4. The quantitative estimate of drug-likeness (QED) is 0.0993. The predicted octanol–water partition coefficient (Wildman–Crippen LogP) is 10.2. The summed E-state index contributed by atoms with van der Waals surface area (Å²) >= 11 is 1.33. The molecule has 2 saturated heterocycles. The molecule has 4 aromatic carbocycles. The van der Waals surface area contributed by atoms with Crippen molar-refractivity contribution < 1.29 is 32.7 Å². The number of aromatic amines is 1. The minimum Gasteiger partial charge on any atom is -0.475 e. The maximum Gasteiger partial charge on any atom is 0.490 e. The summed E-state index contributed by atoms with van der Waals surface area (Å²) in [7, 11) is 0. The number of H-pyrrole nitrogens is 1. The molecule has 0 saturated carbocycles. The van der Waals surface area contributed by atoms with Crippen molar-refractivity contribution in [1.82, 2.24) is 29.7 Å². The Morgan fingerprint density at radius 3 is 2.08 bits per heavy atom. The van der Waals surface area contributed by atoms with E-state index >= 15 is 0 Å². The molecule has 2 aliphatic rings. The molecule has 14 heteroatoms. The van der Waals surface area contributed by atoms with Crippen LogP contribution >= 0.6 is 11.5 Å². The van der Waals surface area contributed by atoms with Gasteiger partial charge in [0.05, 0.1) is 0 Å². The Balaban J connectivity index is 0.000000785. The zero-order valence-corrected chi connectivity index (χ0v) is 36.0. The van der Waals surface area contributed by atoms with Gasteiger partial charge in [0, 0.05) is 66.2 Å². The predicted molar refractivity (Wildman–Crippen MR) is 240 cm³/mol. The summed E-state index contributed by atoms with van der Waals surface area (Å²) in [5, 5.41) is 18.0. The number of halogens is 3. The molecule has 4 heterocycles. The lowest BCUT2D eigenvalue weighted by molar-refractivity contribution is -0.192. The van der Waals surface area contributed by atoms with Crippen molar-refractivity contribution in [3.05, 3.63) is 131 Å². The van der Waals surface area contributed by atoms with Crippen molar-refractivity contribution in [2.75, 3.05) is 26.2 Å². The van der Waals surface area contributed by atoms with Crippen LogP contribution in [0.4, 0.5) is 13.2 Å². The molecule has 8 rings (SSSR count). The summed E-state index contributed by atoms with van der Waals surface area (Å²) in [6.45, 7) is 4.97. The van der Waals surface area contributed by atoms with Crippen LogP contribution < -0.4 is 5.32 Å². The standard InChI is InChI=1S/C47H52N6O2S.C2HF3O2/c54-46(18-17-42-30-49-44-16-2-1-15-43(42)44)53(32-37-10-5-13-40(28-37)45-33-56-51-50-45)31-36-9-4-11-38(27-36)39-12-6-14-41(29-39)47(55)52-25-21-35(22-26-52)8-3-7-34-19-23-48-24-20-34;3-2(4,5)1(6)7/h1-2,4-6,9-16,27-30,33-35,48-49H,3,7-8,17-26,31-32H2;(H,6,7). The van der Waals surface area contributed by atoms with Crippen LogP contribution in [-0.4, -0.2) is 79.6 Å². The van der Waals surface area contributed by atoms with E-state index in [9.17, 15) is 22.8 Å². The zero-order chi connectivity index (χ0) is 44.2. The van der Waals surface area contributed by atoms with Crippen molar-refractivity contribution in [1.29, 1.82) is 0 Å². The normalized spacial score (nSPS) is 14.9. The number of carbonyl (C=O) groups is 3. The van der Waals surface area contributed by atoms with E-state index in [0.717, 1.165) is 93.3 Å². The third-order valence-corrected chi connectivity index (χ3v) is 12.7. The topological polar surface area (TPSA) is 132 Å². The number of piperidine rings is 2. The first-order valence-electron chi connectivity index (χ1n) is 21.7. The monoisotopic (exact) mass is 878 g/mol. The molecule has 10 nitrogen and oxygen atoms in total. The van der Waals surface area contributed by atoms with Crippen LogP contribution in [0, 0.1) is 11.8 Å². The summed E-state index contributed by atoms with van der Waals surface area (Å²) in [4.78, 5) is 44.1. The number of amides is 2. The number of hydrogen-bond acceptors (Lipinski definition) is 7. The molecule has 2 aliphatic heterocycles. The van der Waals surface area contributed by atoms with E-state index in [-0.39, 0.29) is 11.8 Å². The van der Waals surface area contributed by atoms with Crippen LogP contribution in [0.25, 0.3) is 33.3 Å². The fourth-order valence-electron chi connectivity index (χ4n) is 8.68. The molecule has 3 N–H and O–H groups in total. The third-order valence-electron chi connectivity index (χ3n) is 12.2. The van der Waals surface area contributed by atoms with Crippen LogP contribution in [0.1, 0.15) is 78.4 Å². The van der Waals surface area contributed by atoms with Gasteiger partial charge >= 0.3 is 12.1 Å². The highest BCUT2D eigenvalue weighted by atomic mass is 32.1. The van der Waals surface area contributed by atoms with Gasteiger partial charge in [-0.05, 0) is 127 Å². The van der Waals surface area contributed by atoms with Gasteiger partial charge in [0.1, 0.15) is 5.69 Å². The molecule has 63 heavy (non-hydrogen) atoms. The molecule has 2 amide bonds. The second kappa shape index (κ2) is 21.5. The minimum absolute atomic E-state index is 0.0968. The van der Waals surface area contributed by atoms with E-state index in [0.29, 0.717) is 25.9 Å². The number of aliphatic carboxylic acids is 1. The van der Waals surface area contributed by atoms with E-state index in [4.69, 9.17) is 9.90 Å². The molecule has 0 spiro atoms. The van der Waals surface area contributed by atoms with Gasteiger partial charge < -0.3 is 25.2 Å². The average molecular weight is 879 g/mol. The second-order valence-electron chi connectivity index (χ2n) is 16.5. The summed E-state index contributed by atoms with van der Waals surface area (Å²) in [5.41, 5.74) is 8.93. The van der Waals surface area contributed by atoms with Crippen molar-refractivity contribution in [3.63, 3.8) is 0 Å². The first-order chi connectivity index (χ1) is 30.5. The van der Waals surface area contributed by atoms with E-state index in [1.807, 2.05) is 58.9 Å². The first kappa shape index (κ1) is 45.2. The second-order valence-corrected chi connectivity index (χ2v) is 17.2. The van der Waals surface area contributed by atoms with Gasteiger partial charge in [-0.25, -0.2) is 4.79 Å². The average Bonchev–Trinajstić information content (AvgIpc) is 4.00. The smallest absolute Gasteiger partial charge is 0.475 e. The number of carboxylic acid groups (broad SMARTS) is 1. The number of para-hydroxylation sites is 1. The fourth-order valence-corrected chi connectivity index (χ4v) is 9.15. The van der Waals surface area contributed by atoms with Crippen LogP contribution in [-0.2, 0) is 29.1 Å². The summed E-state index contributed by atoms with van der Waals surface area (Å²) in [6, 6.07) is 32.9. The number of rotatable bonds is 14. The molecule has 2 aromatic heterocycles. The molecule has 0 atom stereocenters. The Labute approximate surface area is 369 Å². The van der Waals surface area contributed by atoms with Gasteiger partial charge in [-0.1, -0.05) is 90.5 Å². The van der Waals surface area contributed by atoms with Crippen LogP contribution in [0.5, 0.6) is 0 Å². The highest BCUT2D eigenvalue weighted by Gasteiger charge is 2.38. The third kappa shape index (κ3) is 12.6. The number of likely N-dealkylation sites (tertiary alicyclic amines) is 1. The van der Waals surface area contributed by atoms with Crippen molar-refractivity contribution in [3.8, 4) is 22.4 Å². The van der Waals surface area contributed by atoms with Gasteiger partial charge in [-0.3, -0.25) is 9.59 Å². The number of aromatic nitrogens is 3. The molecule has 0 bridgehead atoms. The zero-order valence-electron chi connectivity index (χ0n) is 35.2. The SMILES string of the molecule is O=C(CCc1c[nH]c2ccccc12)N(Cc1cccc(-c2cccc(C(=O)N3CCC(CCCC4CCNCC4)CC3)c2)c1)Cc1cccc(-c2csnn2)c1.O=C(O)C(F)(F)F. The van der Waals surface area contributed by atoms with Crippen LogP contribution in [0.2, 0.25) is 0 Å². The largest absolute Gasteiger partial charge is 0.490 e. The van der Waals surface area contributed by atoms with E-state index in [1.54, 1.807) is 0 Å². The Bertz CT molecular complexity index is 2440. The van der Waals surface area contributed by atoms with Crippen LogP contribution in [0.3, 0.4) is 0 Å². The Hall–Kier alpha value is -5.86.